The molecule has 8 nitrogen and oxygen atoms in total. The first-order valence-corrected chi connectivity index (χ1v) is 15.9. The van der Waals surface area contributed by atoms with Gasteiger partial charge < -0.3 is 4.74 Å². The first-order chi connectivity index (χ1) is 19.8. The predicted molar refractivity (Wildman–Crippen MR) is 162 cm³/mol. The lowest BCUT2D eigenvalue weighted by molar-refractivity contribution is -0.394. The van der Waals surface area contributed by atoms with Crippen molar-refractivity contribution in [3.63, 3.8) is 0 Å². The largest absolute Gasteiger partial charge is 0.458 e. The van der Waals surface area contributed by atoms with E-state index in [4.69, 9.17) is 4.74 Å². The van der Waals surface area contributed by atoms with E-state index in [1.165, 1.54) is 50.5 Å². The second-order valence-corrected chi connectivity index (χ2v) is 14.4. The highest BCUT2D eigenvalue weighted by Gasteiger charge is 2.57. The molecule has 0 aliphatic heterocycles. The zero-order valence-corrected chi connectivity index (χ0v) is 25.8. The first-order valence-electron chi connectivity index (χ1n) is 15.9. The number of allylic oxidation sites excluding steroid dienone is 3. The number of carbonyl (C=O) groups is 1. The van der Waals surface area contributed by atoms with Crippen LogP contribution in [-0.4, -0.2) is 21.9 Å². The van der Waals surface area contributed by atoms with E-state index in [0.29, 0.717) is 30.1 Å². The summed E-state index contributed by atoms with van der Waals surface area (Å²) in [6.07, 6.45) is 15.6. The maximum Gasteiger partial charge on any atom is 0.338 e. The van der Waals surface area contributed by atoms with Gasteiger partial charge in [-0.15, -0.1) is 0 Å². The Bertz CT molecular complexity index is 1280. The van der Waals surface area contributed by atoms with Crippen molar-refractivity contribution >= 4 is 17.3 Å². The minimum Gasteiger partial charge on any atom is -0.458 e. The van der Waals surface area contributed by atoms with Crippen LogP contribution in [0.3, 0.4) is 0 Å². The highest BCUT2D eigenvalue weighted by atomic mass is 16.6. The molecule has 0 radical (unpaired) electrons. The lowest BCUT2D eigenvalue weighted by Gasteiger charge is -2.55. The van der Waals surface area contributed by atoms with E-state index in [2.05, 4.69) is 46.8 Å². The van der Waals surface area contributed by atoms with E-state index in [1.54, 1.807) is 5.57 Å². The van der Waals surface area contributed by atoms with Crippen LogP contribution in [-0.2, 0) is 4.74 Å². The van der Waals surface area contributed by atoms with Crippen molar-refractivity contribution in [2.75, 3.05) is 0 Å². The van der Waals surface area contributed by atoms with E-state index < -0.39 is 27.2 Å². The molecule has 3 saturated carbocycles. The number of ether oxygens (including phenoxy) is 1. The highest BCUT2D eigenvalue weighted by molar-refractivity contribution is 5.91. The number of benzene rings is 1. The Hall–Kier alpha value is -3.03. The lowest BCUT2D eigenvalue weighted by Crippen LogP contribution is -2.46. The van der Waals surface area contributed by atoms with Gasteiger partial charge in [0.2, 0.25) is 0 Å². The summed E-state index contributed by atoms with van der Waals surface area (Å²) in [7, 11) is 0. The quantitative estimate of drug-likeness (QED) is 0.164. The topological polar surface area (TPSA) is 113 Å². The minimum absolute atomic E-state index is 0.0413. The summed E-state index contributed by atoms with van der Waals surface area (Å²) in [5, 5.41) is 22.5. The Balaban J connectivity index is 1.30. The SMILES string of the molecule is CC(C)CCC[C@H](C)[C@@H]1CC[C@@H]2C3=CC=C4C[C@H](OC(=O)c5cc([N+](=O)[O-])cc([N+](=O)[O-])c5)CC[C@]4(C)[C@H]3CC[C@]21C. The number of rotatable bonds is 9. The van der Waals surface area contributed by atoms with Crippen molar-refractivity contribution in [2.45, 2.75) is 105 Å². The summed E-state index contributed by atoms with van der Waals surface area (Å²) in [6.45, 7) is 12.1. The maximum absolute atomic E-state index is 13.0. The van der Waals surface area contributed by atoms with E-state index in [1.807, 2.05) is 0 Å². The van der Waals surface area contributed by atoms with Gasteiger partial charge in [0.05, 0.1) is 21.5 Å². The molecule has 8 heteroatoms. The molecule has 228 valence electrons. The average Bonchev–Trinajstić information content (AvgIpc) is 3.30. The number of esters is 1. The molecule has 0 unspecified atom stereocenters. The third kappa shape index (κ3) is 5.53. The van der Waals surface area contributed by atoms with Crippen LogP contribution < -0.4 is 0 Å². The summed E-state index contributed by atoms with van der Waals surface area (Å²) in [4.78, 5) is 34.0. The van der Waals surface area contributed by atoms with Gasteiger partial charge in [0, 0.05) is 18.6 Å². The molecule has 0 aromatic heterocycles. The fourth-order valence-electron chi connectivity index (χ4n) is 9.24. The van der Waals surface area contributed by atoms with Crippen molar-refractivity contribution < 1.29 is 19.4 Å². The van der Waals surface area contributed by atoms with Crippen molar-refractivity contribution in [3.8, 4) is 0 Å². The first kappa shape index (κ1) is 30.4. The molecule has 0 heterocycles. The van der Waals surface area contributed by atoms with E-state index in [9.17, 15) is 25.0 Å². The fraction of sp³-hybridized carbons (Fsp3) is 0.676. The van der Waals surface area contributed by atoms with Crippen molar-refractivity contribution in [3.05, 3.63) is 67.3 Å². The molecular weight excluding hydrogens is 532 g/mol. The third-order valence-electron chi connectivity index (χ3n) is 11.6. The fourth-order valence-corrected chi connectivity index (χ4v) is 9.24. The summed E-state index contributed by atoms with van der Waals surface area (Å²) in [6, 6.07) is 2.96. The number of nitro benzene ring substituents is 2. The highest BCUT2D eigenvalue weighted by Crippen LogP contribution is 2.66. The lowest BCUT2D eigenvalue weighted by atomic mass is 9.50. The van der Waals surface area contributed by atoms with Crippen LogP contribution in [0, 0.1) is 60.6 Å². The summed E-state index contributed by atoms with van der Waals surface area (Å²) in [5.41, 5.74) is 2.21. The normalized spacial score (nSPS) is 32.6. The average molecular weight is 579 g/mol. The summed E-state index contributed by atoms with van der Waals surface area (Å²) in [5.74, 6) is 2.73. The van der Waals surface area contributed by atoms with Crippen LogP contribution in [0.1, 0.15) is 109 Å². The van der Waals surface area contributed by atoms with Gasteiger partial charge in [-0.05, 0) is 78.9 Å². The van der Waals surface area contributed by atoms with Crippen molar-refractivity contribution in [2.24, 2.45) is 40.4 Å². The Morgan fingerprint density at radius 3 is 2.26 bits per heavy atom. The smallest absolute Gasteiger partial charge is 0.338 e. The molecule has 5 rings (SSSR count). The molecule has 1 aromatic rings. The number of nitrogens with zero attached hydrogens (tertiary/aromatic N) is 2. The zero-order chi connectivity index (χ0) is 30.4. The van der Waals surface area contributed by atoms with Gasteiger partial charge in [-0.1, -0.05) is 77.2 Å². The van der Waals surface area contributed by atoms with Crippen LogP contribution in [0.15, 0.2) is 41.5 Å². The molecule has 0 N–H and O–H groups in total. The second-order valence-electron chi connectivity index (χ2n) is 14.4. The van der Waals surface area contributed by atoms with Gasteiger partial charge in [-0.3, -0.25) is 20.2 Å². The van der Waals surface area contributed by atoms with Crippen molar-refractivity contribution in [1.29, 1.82) is 0 Å². The Labute approximate surface area is 249 Å². The van der Waals surface area contributed by atoms with Crippen molar-refractivity contribution in [1.82, 2.24) is 0 Å². The van der Waals surface area contributed by atoms with Crippen LogP contribution in [0.4, 0.5) is 11.4 Å². The molecule has 0 spiro atoms. The Kier molecular flexibility index (Phi) is 8.38. The Morgan fingerprint density at radius 1 is 0.929 bits per heavy atom. The molecule has 1 aromatic carbocycles. The number of hydrogen-bond acceptors (Lipinski definition) is 6. The van der Waals surface area contributed by atoms with Gasteiger partial charge in [0.15, 0.2) is 0 Å². The van der Waals surface area contributed by atoms with Crippen LogP contribution >= 0.6 is 0 Å². The van der Waals surface area contributed by atoms with Crippen LogP contribution in [0.25, 0.3) is 0 Å². The number of carbonyl (C=O) groups excluding carboxylic acids is 1. The predicted octanol–water partition coefficient (Wildman–Crippen LogP) is 8.99. The molecule has 42 heavy (non-hydrogen) atoms. The minimum atomic E-state index is -0.754. The molecule has 0 saturated heterocycles. The molecule has 4 aliphatic rings. The summed E-state index contributed by atoms with van der Waals surface area (Å²) < 4.78 is 5.80. The molecule has 3 fully saturated rings. The zero-order valence-electron chi connectivity index (χ0n) is 25.8. The van der Waals surface area contributed by atoms with Gasteiger partial charge in [-0.2, -0.15) is 0 Å². The van der Waals surface area contributed by atoms with Gasteiger partial charge in [0.1, 0.15) is 6.10 Å². The standard InChI is InChI=1S/C34H46N2O6/c1-21(2)7-6-8-22(3)29-11-12-30-28-10-9-24-19-27(13-15-33(24,4)31(28)14-16-34(29,30)5)42-32(37)23-17-25(35(38)39)20-26(18-23)36(40)41/h9-10,17-18,20-22,27,29-31H,6-8,11-16,19H2,1-5H3/t22-,27+,29-,30+,31-,33-,34-/m0/s1. The molecule has 0 amide bonds. The number of hydrogen-bond donors (Lipinski definition) is 0. The third-order valence-corrected chi connectivity index (χ3v) is 11.6. The monoisotopic (exact) mass is 578 g/mol. The van der Waals surface area contributed by atoms with E-state index in [-0.39, 0.29) is 17.1 Å². The summed E-state index contributed by atoms with van der Waals surface area (Å²) >= 11 is 0. The number of fused-ring (bicyclic) bond motifs is 5. The van der Waals surface area contributed by atoms with E-state index in [0.717, 1.165) is 42.4 Å². The van der Waals surface area contributed by atoms with Gasteiger partial charge >= 0.3 is 5.97 Å². The molecule has 4 aliphatic carbocycles. The second kappa shape index (κ2) is 11.6. The maximum atomic E-state index is 13.0. The number of nitro groups is 2. The van der Waals surface area contributed by atoms with Gasteiger partial charge in [0.25, 0.3) is 11.4 Å². The molecular formula is C34H46N2O6. The van der Waals surface area contributed by atoms with Gasteiger partial charge in [-0.25, -0.2) is 4.79 Å². The Morgan fingerprint density at radius 2 is 1.62 bits per heavy atom. The molecule has 0 bridgehead atoms. The van der Waals surface area contributed by atoms with Crippen LogP contribution in [0.2, 0.25) is 0 Å². The van der Waals surface area contributed by atoms with E-state index >= 15 is 0 Å². The van der Waals surface area contributed by atoms with Crippen LogP contribution in [0.5, 0.6) is 0 Å². The molecule has 7 atom stereocenters. The number of non-ortho nitro benzene ring substituents is 2.